The minimum Gasteiger partial charge on any atom is -0.380 e. The van der Waals surface area contributed by atoms with Gasteiger partial charge in [-0.1, -0.05) is 0 Å². The highest BCUT2D eigenvalue weighted by Gasteiger charge is 2.15. The van der Waals surface area contributed by atoms with Crippen LogP contribution in [-0.2, 0) is 4.74 Å². The van der Waals surface area contributed by atoms with E-state index in [-0.39, 0.29) is 0 Å². The van der Waals surface area contributed by atoms with Crippen molar-refractivity contribution >= 4 is 34.8 Å². The lowest BCUT2D eigenvalue weighted by Gasteiger charge is -2.20. The predicted octanol–water partition coefficient (Wildman–Crippen LogP) is 2.47. The molecule has 0 aromatic carbocycles. The van der Waals surface area contributed by atoms with Crippen molar-refractivity contribution in [2.24, 2.45) is 10.7 Å². The van der Waals surface area contributed by atoms with E-state index < -0.39 is 5.91 Å². The van der Waals surface area contributed by atoms with Gasteiger partial charge in [-0.15, -0.1) is 11.3 Å². The minimum atomic E-state index is -0.496. The maximum atomic E-state index is 11.4. The molecular formula is C16H18N4O2S. The summed E-state index contributed by atoms with van der Waals surface area (Å²) in [6.45, 7) is 6.81. The Morgan fingerprint density at radius 1 is 1.39 bits per heavy atom. The fourth-order valence-electron chi connectivity index (χ4n) is 2.51. The van der Waals surface area contributed by atoms with Crippen molar-refractivity contribution in [3.63, 3.8) is 0 Å². The number of primary amides is 1. The zero-order valence-electron chi connectivity index (χ0n) is 12.7. The maximum absolute atomic E-state index is 11.4. The lowest BCUT2D eigenvalue weighted by atomic mass is 10.2. The van der Waals surface area contributed by atoms with Crippen molar-refractivity contribution in [2.45, 2.75) is 6.42 Å². The monoisotopic (exact) mass is 330 g/mol. The molecule has 0 saturated carbocycles. The topological polar surface area (TPSA) is 80.8 Å². The normalized spacial score (nSPS) is 15.2. The summed E-state index contributed by atoms with van der Waals surface area (Å²) >= 11 is 1.38. The molecule has 0 atom stereocenters. The van der Waals surface area contributed by atoms with Gasteiger partial charge in [0.1, 0.15) is 10.8 Å². The molecular weight excluding hydrogens is 312 g/mol. The number of ether oxygens (including phenoxy) is 1. The van der Waals surface area contributed by atoms with Crippen molar-refractivity contribution in [3.05, 3.63) is 30.0 Å². The predicted molar refractivity (Wildman–Crippen MR) is 92.9 cm³/mol. The number of nitrogens with zero attached hydrogens (tertiary/aromatic N) is 3. The summed E-state index contributed by atoms with van der Waals surface area (Å²) in [6, 6.07) is 5.73. The quantitative estimate of drug-likeness (QED) is 0.873. The number of hydrogen-bond donors (Lipinski definition) is 1. The van der Waals surface area contributed by atoms with Gasteiger partial charge >= 0.3 is 0 Å². The van der Waals surface area contributed by atoms with Gasteiger partial charge < -0.3 is 15.4 Å². The van der Waals surface area contributed by atoms with E-state index in [1.165, 1.54) is 11.3 Å². The van der Waals surface area contributed by atoms with Crippen molar-refractivity contribution in [3.8, 4) is 10.4 Å². The van der Waals surface area contributed by atoms with Gasteiger partial charge in [-0.3, -0.25) is 9.79 Å². The molecule has 1 fully saturated rings. The average molecular weight is 330 g/mol. The Morgan fingerprint density at radius 2 is 2.26 bits per heavy atom. The van der Waals surface area contributed by atoms with Crippen LogP contribution in [0.15, 0.2) is 29.4 Å². The molecule has 2 aromatic heterocycles. The zero-order chi connectivity index (χ0) is 16.2. The van der Waals surface area contributed by atoms with Gasteiger partial charge in [0.05, 0.1) is 12.2 Å². The average Bonchev–Trinajstić information content (AvgIpc) is 2.82. The third-order valence-electron chi connectivity index (χ3n) is 3.70. The third kappa shape index (κ3) is 3.40. The fraction of sp³-hybridized carbons (Fsp3) is 0.312. The van der Waals surface area contributed by atoms with Crippen LogP contribution in [0, 0.1) is 0 Å². The molecule has 1 aliphatic rings. The highest BCUT2D eigenvalue weighted by molar-refractivity contribution is 7.19. The Morgan fingerprint density at radius 3 is 2.91 bits per heavy atom. The van der Waals surface area contributed by atoms with Crippen molar-refractivity contribution in [2.75, 3.05) is 31.2 Å². The Balaban J connectivity index is 1.84. The lowest BCUT2D eigenvalue weighted by Crippen LogP contribution is -2.26. The second kappa shape index (κ2) is 6.89. The molecule has 0 unspecified atom stereocenters. The number of carbonyl (C=O) groups is 1. The molecule has 1 aliphatic heterocycles. The number of pyridine rings is 1. The van der Waals surface area contributed by atoms with E-state index in [0.717, 1.165) is 49.0 Å². The number of anilines is 1. The number of carbonyl (C=O) groups excluding carboxylic acids is 1. The molecule has 3 rings (SSSR count). The van der Waals surface area contributed by atoms with Crippen LogP contribution in [0.5, 0.6) is 0 Å². The molecule has 0 bridgehead atoms. The Hall–Kier alpha value is -2.25. The maximum Gasteiger partial charge on any atom is 0.251 e. The third-order valence-corrected chi connectivity index (χ3v) is 4.82. The minimum absolute atomic E-state index is 0.397. The number of aliphatic imine (C=N–C) groups is 1. The largest absolute Gasteiger partial charge is 0.380 e. The molecule has 0 aliphatic carbocycles. The van der Waals surface area contributed by atoms with Gasteiger partial charge in [0.25, 0.3) is 5.91 Å². The molecule has 6 nitrogen and oxygen atoms in total. The van der Waals surface area contributed by atoms with Gasteiger partial charge in [0.2, 0.25) is 0 Å². The first kappa shape index (κ1) is 15.6. The van der Waals surface area contributed by atoms with E-state index in [0.29, 0.717) is 10.6 Å². The number of hydrogen-bond acceptors (Lipinski definition) is 6. The van der Waals surface area contributed by atoms with Crippen LogP contribution in [0.25, 0.3) is 10.4 Å². The second-order valence-corrected chi connectivity index (χ2v) is 6.24. The van der Waals surface area contributed by atoms with Gasteiger partial charge in [-0.2, -0.15) is 0 Å². The standard InChI is InChI=1S/C16H18N4O2S/c1-18-16-12(15(17)21)9-13(23-16)11-3-4-14(19-10-11)20-5-2-7-22-8-6-20/h3-4,9-10H,1-2,5-8H2,(H2,17,21). The second-order valence-electron chi connectivity index (χ2n) is 5.21. The number of nitrogens with two attached hydrogens (primary N) is 1. The van der Waals surface area contributed by atoms with Gasteiger partial charge in [0.15, 0.2) is 0 Å². The van der Waals surface area contributed by atoms with Gasteiger partial charge in [-0.05, 0) is 31.3 Å². The molecule has 2 N–H and O–H groups in total. The molecule has 1 amide bonds. The molecule has 3 heterocycles. The van der Waals surface area contributed by atoms with Crippen LogP contribution in [0.1, 0.15) is 16.8 Å². The number of amides is 1. The van der Waals surface area contributed by atoms with Crippen LogP contribution in [0.2, 0.25) is 0 Å². The highest BCUT2D eigenvalue weighted by atomic mass is 32.1. The van der Waals surface area contributed by atoms with Crippen LogP contribution in [0.3, 0.4) is 0 Å². The first-order chi connectivity index (χ1) is 11.2. The van der Waals surface area contributed by atoms with E-state index in [1.54, 1.807) is 6.07 Å². The lowest BCUT2D eigenvalue weighted by molar-refractivity contribution is 0.100. The van der Waals surface area contributed by atoms with E-state index in [9.17, 15) is 4.79 Å². The summed E-state index contributed by atoms with van der Waals surface area (Å²) in [5.74, 6) is 0.442. The van der Waals surface area contributed by atoms with E-state index in [4.69, 9.17) is 10.5 Å². The van der Waals surface area contributed by atoms with E-state index >= 15 is 0 Å². The van der Waals surface area contributed by atoms with Crippen LogP contribution >= 0.6 is 11.3 Å². The van der Waals surface area contributed by atoms with Crippen molar-refractivity contribution in [1.29, 1.82) is 0 Å². The number of aromatic nitrogens is 1. The van der Waals surface area contributed by atoms with E-state index in [1.807, 2.05) is 18.3 Å². The summed E-state index contributed by atoms with van der Waals surface area (Å²) < 4.78 is 5.46. The van der Waals surface area contributed by atoms with E-state index in [2.05, 4.69) is 21.6 Å². The van der Waals surface area contributed by atoms with Crippen LogP contribution < -0.4 is 10.6 Å². The molecule has 1 saturated heterocycles. The number of thiophene rings is 1. The summed E-state index contributed by atoms with van der Waals surface area (Å²) in [6.07, 6.45) is 2.81. The van der Waals surface area contributed by atoms with Gasteiger partial charge in [-0.25, -0.2) is 4.98 Å². The Kier molecular flexibility index (Phi) is 4.68. The van der Waals surface area contributed by atoms with Crippen LogP contribution in [0.4, 0.5) is 10.8 Å². The van der Waals surface area contributed by atoms with Crippen LogP contribution in [-0.4, -0.2) is 43.9 Å². The smallest absolute Gasteiger partial charge is 0.251 e. The Bertz CT molecular complexity index is 703. The highest BCUT2D eigenvalue weighted by Crippen LogP contribution is 2.37. The zero-order valence-corrected chi connectivity index (χ0v) is 13.5. The number of rotatable bonds is 4. The summed E-state index contributed by atoms with van der Waals surface area (Å²) in [5, 5.41) is 0.543. The fourth-order valence-corrected chi connectivity index (χ4v) is 3.47. The SMILES string of the molecule is C=Nc1sc(-c2ccc(N3CCCOCC3)nc2)cc1C(N)=O. The van der Waals surface area contributed by atoms with Crippen molar-refractivity contribution < 1.29 is 9.53 Å². The van der Waals surface area contributed by atoms with Gasteiger partial charge in [0, 0.05) is 36.3 Å². The molecule has 0 radical (unpaired) electrons. The Labute approximate surface area is 138 Å². The van der Waals surface area contributed by atoms with Crippen molar-refractivity contribution in [1.82, 2.24) is 4.98 Å². The molecule has 7 heteroatoms. The molecule has 0 spiro atoms. The molecule has 23 heavy (non-hydrogen) atoms. The summed E-state index contributed by atoms with van der Waals surface area (Å²) in [5.41, 5.74) is 6.69. The summed E-state index contributed by atoms with van der Waals surface area (Å²) in [7, 11) is 0. The first-order valence-corrected chi connectivity index (χ1v) is 8.20. The molecule has 120 valence electrons. The molecule has 2 aromatic rings. The summed E-state index contributed by atoms with van der Waals surface area (Å²) in [4.78, 5) is 23.0. The first-order valence-electron chi connectivity index (χ1n) is 7.38.